The van der Waals surface area contributed by atoms with Crippen molar-refractivity contribution in [1.29, 1.82) is 0 Å². The molecule has 75 heavy (non-hydrogen) atoms. The van der Waals surface area contributed by atoms with Crippen LogP contribution in [0.15, 0.2) is 114 Å². The Bertz CT molecular complexity index is 2750. The average molecular weight is 1050 g/mol. The third kappa shape index (κ3) is 16.1. The lowest BCUT2D eigenvalue weighted by Crippen LogP contribution is -2.32. The molecule has 15 nitrogen and oxygen atoms in total. The highest BCUT2D eigenvalue weighted by atomic mass is 35.5. The molecule has 3 heterocycles. The van der Waals surface area contributed by atoms with Gasteiger partial charge in [0.1, 0.15) is 35.2 Å². The number of oxazole rings is 1. The Morgan fingerprint density at radius 1 is 0.813 bits per heavy atom. The molecule has 2 fully saturated rings. The molecule has 3 aromatic heterocycles. The first-order chi connectivity index (χ1) is 36.5. The molecule has 3 aromatic carbocycles. The van der Waals surface area contributed by atoms with Crippen molar-refractivity contribution in [3.05, 3.63) is 127 Å². The Kier molecular flexibility index (Phi) is 19.7. The van der Waals surface area contributed by atoms with Crippen LogP contribution in [0.1, 0.15) is 124 Å². The second-order valence-electron chi connectivity index (χ2n) is 19.7. The van der Waals surface area contributed by atoms with Gasteiger partial charge in [0.25, 0.3) is 12.3 Å². The summed E-state index contributed by atoms with van der Waals surface area (Å²) in [6, 6.07) is 27.9. The molecule has 0 unspecified atom stereocenters. The number of halogens is 3. The van der Waals surface area contributed by atoms with Crippen molar-refractivity contribution in [3.63, 3.8) is 0 Å². The summed E-state index contributed by atoms with van der Waals surface area (Å²) in [5.41, 5.74) is 1.49. The Morgan fingerprint density at radius 2 is 1.45 bits per heavy atom. The van der Waals surface area contributed by atoms with Crippen LogP contribution >= 0.6 is 11.6 Å². The Hall–Kier alpha value is -6.85. The summed E-state index contributed by atoms with van der Waals surface area (Å²) in [7, 11) is 2.18. The van der Waals surface area contributed by atoms with Gasteiger partial charge in [-0.05, 0) is 143 Å². The van der Waals surface area contributed by atoms with Gasteiger partial charge in [0, 0.05) is 36.7 Å². The molecule has 3 amide bonds. The van der Waals surface area contributed by atoms with Crippen LogP contribution < -0.4 is 24.6 Å². The number of nitrogens with one attached hydrogen (secondary N) is 1. The number of carbonyl (C=O) groups is 3. The lowest BCUT2D eigenvalue weighted by atomic mass is 9.86. The number of hydrogen-bond acceptors (Lipinski definition) is 10. The minimum absolute atomic E-state index is 0.0517. The van der Waals surface area contributed by atoms with E-state index in [2.05, 4.69) is 32.3 Å². The molecule has 2 N–H and O–H groups in total. The maximum Gasteiger partial charge on any atom is 0.413 e. The lowest BCUT2D eigenvalue weighted by Gasteiger charge is -2.31. The van der Waals surface area contributed by atoms with E-state index in [0.717, 1.165) is 94.1 Å². The van der Waals surface area contributed by atoms with Crippen LogP contribution in [0.5, 0.6) is 17.2 Å². The van der Waals surface area contributed by atoms with Crippen molar-refractivity contribution in [3.8, 4) is 28.7 Å². The third-order valence-electron chi connectivity index (χ3n) is 13.9. The maximum atomic E-state index is 14.2. The fourth-order valence-electron chi connectivity index (χ4n) is 9.53. The van der Waals surface area contributed by atoms with E-state index in [1.54, 1.807) is 15.6 Å². The number of rotatable bonds is 28. The molecule has 0 bridgehead atoms. The zero-order valence-corrected chi connectivity index (χ0v) is 43.3. The number of carboxylic acid groups (broad SMARTS) is 1. The minimum atomic E-state index is -2.90. The Balaban J connectivity index is 0.664. The summed E-state index contributed by atoms with van der Waals surface area (Å²) in [5, 5.41) is 16.5. The molecule has 0 radical (unpaired) electrons. The summed E-state index contributed by atoms with van der Waals surface area (Å²) in [4.78, 5) is 51.5. The number of ether oxygens (including phenoxy) is 2. The van der Waals surface area contributed by atoms with Crippen LogP contribution in [0.25, 0.3) is 11.5 Å². The topological polar surface area (TPSA) is 168 Å². The molecule has 2 aliphatic carbocycles. The van der Waals surface area contributed by atoms with Crippen LogP contribution in [-0.4, -0.2) is 86.8 Å². The Labute approximate surface area is 442 Å². The van der Waals surface area contributed by atoms with Gasteiger partial charge in [-0.1, -0.05) is 68.9 Å². The SMILES string of the molecule is CN(CCCCCCCCCCOc1ccc(Oc2ccc(N(Cc3ccccc3)C(=O)CCl)cc2)cc1)CC1CCC(n2cc(NC(=O)c3coc(-c4ccnc(N(CC5CC5)C(=O)O)c4)n3)c(C(F)F)n2)CC1. The van der Waals surface area contributed by atoms with E-state index in [1.807, 2.05) is 78.9 Å². The van der Waals surface area contributed by atoms with E-state index in [-0.39, 0.29) is 40.9 Å². The molecule has 398 valence electrons. The lowest BCUT2D eigenvalue weighted by molar-refractivity contribution is -0.116. The minimum Gasteiger partial charge on any atom is -0.494 e. The van der Waals surface area contributed by atoms with Crippen LogP contribution in [-0.2, 0) is 11.3 Å². The van der Waals surface area contributed by atoms with Gasteiger partial charge in [0.05, 0.1) is 24.9 Å². The summed E-state index contributed by atoms with van der Waals surface area (Å²) in [5.74, 6) is 2.27. The van der Waals surface area contributed by atoms with Crippen molar-refractivity contribution < 1.29 is 42.2 Å². The van der Waals surface area contributed by atoms with Crippen LogP contribution in [0.3, 0.4) is 0 Å². The first-order valence-electron chi connectivity index (χ1n) is 26.2. The molecule has 0 saturated heterocycles. The molecular weight excluding hydrogens is 982 g/mol. The molecular formula is C57H67ClF2N8O7. The van der Waals surface area contributed by atoms with Crippen molar-refractivity contribution in [1.82, 2.24) is 24.6 Å². The van der Waals surface area contributed by atoms with Gasteiger partial charge in [-0.15, -0.1) is 11.6 Å². The van der Waals surface area contributed by atoms with Gasteiger partial charge in [0.2, 0.25) is 11.8 Å². The number of hydrogen-bond donors (Lipinski definition) is 2. The average Bonchev–Trinajstić information content (AvgIpc) is 3.93. The molecule has 18 heteroatoms. The zero-order chi connectivity index (χ0) is 52.5. The van der Waals surface area contributed by atoms with Gasteiger partial charge >= 0.3 is 6.09 Å². The van der Waals surface area contributed by atoms with Gasteiger partial charge in [-0.25, -0.2) is 23.5 Å². The van der Waals surface area contributed by atoms with Gasteiger partial charge < -0.3 is 34.1 Å². The van der Waals surface area contributed by atoms with Crippen molar-refractivity contribution in [2.45, 2.75) is 109 Å². The zero-order valence-electron chi connectivity index (χ0n) is 42.5. The number of nitrogens with zero attached hydrogens (tertiary/aromatic N) is 7. The highest BCUT2D eigenvalue weighted by molar-refractivity contribution is 6.29. The number of benzene rings is 3. The number of anilines is 3. The molecule has 0 spiro atoms. The summed E-state index contributed by atoms with van der Waals surface area (Å²) in [6.45, 7) is 3.48. The van der Waals surface area contributed by atoms with Crippen molar-refractivity contribution in [2.75, 3.05) is 54.3 Å². The second-order valence-corrected chi connectivity index (χ2v) is 20.0. The van der Waals surface area contributed by atoms with Gasteiger partial charge in [0.15, 0.2) is 11.4 Å². The second kappa shape index (κ2) is 27.1. The number of carbonyl (C=O) groups excluding carboxylic acids is 2. The predicted molar refractivity (Wildman–Crippen MR) is 285 cm³/mol. The Morgan fingerprint density at radius 3 is 2.12 bits per heavy atom. The number of unbranched alkanes of at least 4 members (excludes halogenated alkanes) is 7. The van der Waals surface area contributed by atoms with Crippen LogP contribution in [0.2, 0.25) is 0 Å². The molecule has 0 atom stereocenters. The first kappa shape index (κ1) is 54.4. The monoisotopic (exact) mass is 1050 g/mol. The number of pyridine rings is 1. The van der Waals surface area contributed by atoms with E-state index in [9.17, 15) is 28.3 Å². The standard InChI is InChI=1S/C57H67ClF2N8O7/c1-65(31-11-6-4-2-3-5-7-12-32-73-46-25-27-48(28-26-46)75-47-23-21-44(22-24-47)66(52(69)34-58)36-40-13-9-8-10-14-40)35-41-17-19-45(20-18-41)68-38-49(53(64-68)54(59)60)62-55(70)50-39-74-56(63-50)43-29-30-61-51(33-43)67(57(71)72)37-42-15-16-42/h8-10,13-14,21-30,33,38-39,41-42,45,54H,2-7,11-12,15-20,31-32,34-37H2,1H3,(H,62,70)(H,71,72). The van der Waals surface area contributed by atoms with E-state index in [4.69, 9.17) is 25.5 Å². The van der Waals surface area contributed by atoms with Crippen molar-refractivity contribution >= 4 is 46.7 Å². The predicted octanol–water partition coefficient (Wildman–Crippen LogP) is 13.4. The number of aromatic nitrogens is 4. The highest BCUT2D eigenvalue weighted by Crippen LogP contribution is 2.36. The molecule has 2 aliphatic rings. The maximum absolute atomic E-state index is 14.2. The molecule has 2 saturated carbocycles. The number of amides is 3. The fraction of sp³-hybridized carbons (Fsp3) is 0.439. The van der Waals surface area contributed by atoms with Gasteiger partial charge in [-0.2, -0.15) is 5.10 Å². The molecule has 0 aliphatic heterocycles. The molecule has 6 aromatic rings. The molecule has 8 rings (SSSR count). The van der Waals surface area contributed by atoms with Crippen LogP contribution in [0, 0.1) is 11.8 Å². The van der Waals surface area contributed by atoms with E-state index >= 15 is 0 Å². The largest absolute Gasteiger partial charge is 0.494 e. The van der Waals surface area contributed by atoms with E-state index in [1.165, 1.54) is 55.5 Å². The fourth-order valence-corrected chi connectivity index (χ4v) is 9.67. The highest BCUT2D eigenvalue weighted by Gasteiger charge is 2.30. The van der Waals surface area contributed by atoms with E-state index < -0.39 is 24.1 Å². The van der Waals surface area contributed by atoms with E-state index in [0.29, 0.717) is 48.6 Å². The summed E-state index contributed by atoms with van der Waals surface area (Å²) < 4.78 is 47.6. The smallest absolute Gasteiger partial charge is 0.413 e. The quantitative estimate of drug-likeness (QED) is 0.0354. The van der Waals surface area contributed by atoms with Crippen LogP contribution in [0.4, 0.5) is 30.8 Å². The third-order valence-corrected chi connectivity index (χ3v) is 14.1. The van der Waals surface area contributed by atoms with Crippen molar-refractivity contribution in [2.24, 2.45) is 11.8 Å². The first-order valence-corrected chi connectivity index (χ1v) is 26.7. The van der Waals surface area contributed by atoms with Gasteiger partial charge in [-0.3, -0.25) is 19.2 Å². The normalized spacial score (nSPS) is 15.5. The summed E-state index contributed by atoms with van der Waals surface area (Å²) >= 11 is 5.92. The number of alkyl halides is 3. The summed E-state index contributed by atoms with van der Waals surface area (Å²) in [6.07, 6.45) is 14.9.